The number of methoxy groups -OCH3 is 2. The van der Waals surface area contributed by atoms with Crippen LogP contribution in [0.2, 0.25) is 0 Å². The normalized spacial score (nSPS) is 11.1. The molecule has 0 atom stereocenters. The summed E-state index contributed by atoms with van der Waals surface area (Å²) in [6.07, 6.45) is 3.54. The molecule has 1 aromatic carbocycles. The molecule has 0 bridgehead atoms. The minimum Gasteiger partial charge on any atom is -0.497 e. The summed E-state index contributed by atoms with van der Waals surface area (Å²) >= 11 is 0. The average molecular weight is 246 g/mol. The fourth-order valence-corrected chi connectivity index (χ4v) is 1.81. The molecule has 0 radical (unpaired) electrons. The summed E-state index contributed by atoms with van der Waals surface area (Å²) in [5, 5.41) is 1.15. The predicted molar refractivity (Wildman–Crippen MR) is 70.3 cm³/mol. The second-order valence-corrected chi connectivity index (χ2v) is 3.73. The van der Waals surface area contributed by atoms with Gasteiger partial charge in [-0.05, 0) is 25.1 Å². The molecule has 18 heavy (non-hydrogen) atoms. The summed E-state index contributed by atoms with van der Waals surface area (Å²) in [7, 11) is 3.08. The molecule has 0 spiro atoms. The van der Waals surface area contributed by atoms with Crippen LogP contribution in [0.5, 0.6) is 11.5 Å². The second kappa shape index (κ2) is 4.96. The maximum Gasteiger partial charge on any atom is 0.347 e. The Labute approximate surface area is 104 Å². The molecule has 4 nitrogen and oxygen atoms in total. The summed E-state index contributed by atoms with van der Waals surface area (Å²) in [6.45, 7) is 1.86. The Morgan fingerprint density at radius 3 is 2.56 bits per heavy atom. The zero-order valence-electron chi connectivity index (χ0n) is 10.5. The highest BCUT2D eigenvalue weighted by Gasteiger charge is 2.11. The van der Waals surface area contributed by atoms with Crippen molar-refractivity contribution in [1.29, 1.82) is 0 Å². The van der Waals surface area contributed by atoms with Gasteiger partial charge in [0.05, 0.1) is 14.2 Å². The van der Waals surface area contributed by atoms with Gasteiger partial charge >= 0.3 is 5.63 Å². The van der Waals surface area contributed by atoms with Gasteiger partial charge in [0.1, 0.15) is 22.6 Å². The van der Waals surface area contributed by atoms with Crippen LogP contribution in [0.25, 0.3) is 16.8 Å². The highest BCUT2D eigenvalue weighted by molar-refractivity contribution is 5.89. The first kappa shape index (κ1) is 12.2. The van der Waals surface area contributed by atoms with Gasteiger partial charge in [0.15, 0.2) is 0 Å². The lowest BCUT2D eigenvalue weighted by molar-refractivity contribution is 0.396. The van der Waals surface area contributed by atoms with Crippen LogP contribution in [-0.2, 0) is 0 Å². The van der Waals surface area contributed by atoms with E-state index in [-0.39, 0.29) is 0 Å². The highest BCUT2D eigenvalue weighted by Crippen LogP contribution is 2.29. The summed E-state index contributed by atoms with van der Waals surface area (Å²) < 4.78 is 15.6. The van der Waals surface area contributed by atoms with Gasteiger partial charge in [-0.25, -0.2) is 4.79 Å². The van der Waals surface area contributed by atoms with Crippen molar-refractivity contribution in [1.82, 2.24) is 0 Å². The van der Waals surface area contributed by atoms with Crippen molar-refractivity contribution in [3.8, 4) is 11.5 Å². The van der Waals surface area contributed by atoms with Crippen molar-refractivity contribution in [2.45, 2.75) is 6.92 Å². The summed E-state index contributed by atoms with van der Waals surface area (Å²) in [5.41, 5.74) is -0.417. The van der Waals surface area contributed by atoms with Gasteiger partial charge < -0.3 is 13.9 Å². The van der Waals surface area contributed by atoms with E-state index in [0.29, 0.717) is 22.6 Å². The molecule has 2 aromatic rings. The van der Waals surface area contributed by atoms with Crippen LogP contribution in [-0.4, -0.2) is 14.2 Å². The van der Waals surface area contributed by atoms with E-state index in [9.17, 15) is 4.79 Å². The van der Waals surface area contributed by atoms with E-state index in [1.807, 2.05) is 13.0 Å². The van der Waals surface area contributed by atoms with Crippen LogP contribution in [0.15, 0.2) is 33.5 Å². The first-order valence-electron chi connectivity index (χ1n) is 5.52. The molecule has 0 amide bonds. The molecule has 1 heterocycles. The standard InChI is InChI=1S/C14H14O4/c1-4-5-10-6-9-7-11(16-2)8-12(17-3)13(9)14(15)18-10/h4-8H,1-3H3/b5-4+. The lowest BCUT2D eigenvalue weighted by Gasteiger charge is -2.07. The minimum absolute atomic E-state index is 0.417. The third kappa shape index (κ3) is 2.09. The molecular formula is C14H14O4. The number of benzene rings is 1. The van der Waals surface area contributed by atoms with E-state index in [1.165, 1.54) is 7.11 Å². The molecule has 2 rings (SSSR count). The lowest BCUT2D eigenvalue weighted by atomic mass is 10.1. The molecule has 0 saturated carbocycles. The van der Waals surface area contributed by atoms with Crippen molar-refractivity contribution in [2.75, 3.05) is 14.2 Å². The van der Waals surface area contributed by atoms with Crippen molar-refractivity contribution in [3.63, 3.8) is 0 Å². The Morgan fingerprint density at radius 2 is 1.94 bits per heavy atom. The monoisotopic (exact) mass is 246 g/mol. The first-order valence-corrected chi connectivity index (χ1v) is 5.52. The second-order valence-electron chi connectivity index (χ2n) is 3.73. The van der Waals surface area contributed by atoms with Crippen molar-refractivity contribution < 1.29 is 13.9 Å². The molecule has 0 fully saturated rings. The van der Waals surface area contributed by atoms with E-state index in [0.717, 1.165) is 5.39 Å². The zero-order chi connectivity index (χ0) is 13.1. The quantitative estimate of drug-likeness (QED) is 0.835. The molecule has 94 valence electrons. The Kier molecular flexibility index (Phi) is 3.37. The van der Waals surface area contributed by atoms with E-state index in [1.54, 1.807) is 31.4 Å². The van der Waals surface area contributed by atoms with Crippen LogP contribution < -0.4 is 15.1 Å². The maximum absolute atomic E-state index is 11.9. The van der Waals surface area contributed by atoms with E-state index in [2.05, 4.69) is 0 Å². The third-order valence-electron chi connectivity index (χ3n) is 2.61. The Balaban J connectivity index is 2.82. The first-order chi connectivity index (χ1) is 8.69. The molecule has 4 heteroatoms. The van der Waals surface area contributed by atoms with E-state index in [4.69, 9.17) is 13.9 Å². The SMILES string of the molecule is C/C=C/c1cc2cc(OC)cc(OC)c2c(=O)o1. The number of ether oxygens (including phenoxy) is 2. The summed E-state index contributed by atoms with van der Waals surface area (Å²) in [5.74, 6) is 1.59. The van der Waals surface area contributed by atoms with E-state index < -0.39 is 5.63 Å². The highest BCUT2D eigenvalue weighted by atomic mass is 16.5. The van der Waals surface area contributed by atoms with Gasteiger partial charge in [0, 0.05) is 11.5 Å². The van der Waals surface area contributed by atoms with Crippen LogP contribution in [0, 0.1) is 0 Å². The molecule has 0 aliphatic rings. The van der Waals surface area contributed by atoms with Gasteiger partial charge in [-0.1, -0.05) is 6.08 Å². The van der Waals surface area contributed by atoms with Crippen LogP contribution in [0.3, 0.4) is 0 Å². The lowest BCUT2D eigenvalue weighted by Crippen LogP contribution is -2.03. The van der Waals surface area contributed by atoms with Gasteiger partial charge in [0.2, 0.25) is 0 Å². The third-order valence-corrected chi connectivity index (χ3v) is 2.61. The topological polar surface area (TPSA) is 48.7 Å². The summed E-state index contributed by atoms with van der Waals surface area (Å²) in [6, 6.07) is 5.22. The van der Waals surface area contributed by atoms with Gasteiger partial charge in [-0.2, -0.15) is 0 Å². The Hall–Kier alpha value is -2.23. The predicted octanol–water partition coefficient (Wildman–Crippen LogP) is 2.84. The molecule has 0 saturated heterocycles. The number of rotatable bonds is 3. The molecule has 0 aliphatic heterocycles. The van der Waals surface area contributed by atoms with Crippen LogP contribution in [0.4, 0.5) is 0 Å². The number of hydrogen-bond acceptors (Lipinski definition) is 4. The minimum atomic E-state index is -0.417. The van der Waals surface area contributed by atoms with Gasteiger partial charge in [0.25, 0.3) is 0 Å². The fourth-order valence-electron chi connectivity index (χ4n) is 1.81. The molecule has 0 unspecified atom stereocenters. The van der Waals surface area contributed by atoms with Crippen molar-refractivity contribution in [3.05, 3.63) is 40.5 Å². The number of fused-ring (bicyclic) bond motifs is 1. The molecule has 0 N–H and O–H groups in total. The van der Waals surface area contributed by atoms with Gasteiger partial charge in [-0.15, -0.1) is 0 Å². The molecular weight excluding hydrogens is 232 g/mol. The smallest absolute Gasteiger partial charge is 0.347 e. The van der Waals surface area contributed by atoms with E-state index >= 15 is 0 Å². The molecule has 1 aromatic heterocycles. The van der Waals surface area contributed by atoms with Crippen molar-refractivity contribution in [2.24, 2.45) is 0 Å². The fraction of sp³-hybridized carbons (Fsp3) is 0.214. The van der Waals surface area contributed by atoms with Gasteiger partial charge in [-0.3, -0.25) is 0 Å². The average Bonchev–Trinajstić information content (AvgIpc) is 2.37. The summed E-state index contributed by atoms with van der Waals surface area (Å²) in [4.78, 5) is 11.9. The zero-order valence-corrected chi connectivity index (χ0v) is 10.5. The van der Waals surface area contributed by atoms with Crippen LogP contribution in [0.1, 0.15) is 12.7 Å². The Bertz CT molecular complexity index is 653. The number of allylic oxidation sites excluding steroid dienone is 1. The van der Waals surface area contributed by atoms with Crippen LogP contribution >= 0.6 is 0 Å². The molecule has 0 aliphatic carbocycles. The number of hydrogen-bond donors (Lipinski definition) is 0. The maximum atomic E-state index is 11.9. The largest absolute Gasteiger partial charge is 0.497 e. The van der Waals surface area contributed by atoms with Crippen molar-refractivity contribution >= 4 is 16.8 Å². The Morgan fingerprint density at radius 1 is 1.17 bits per heavy atom.